The average molecular weight is 367 g/mol. The Kier molecular flexibility index (Phi) is 4.97. The van der Waals surface area contributed by atoms with E-state index in [1.165, 1.54) is 6.39 Å². The molecule has 3 aromatic heterocycles. The molecule has 1 aliphatic heterocycles. The minimum absolute atomic E-state index is 0.0600. The molecule has 140 valence electrons. The molecule has 1 amide bonds. The number of fused-ring (bicyclic) bond motifs is 1. The van der Waals surface area contributed by atoms with Crippen LogP contribution in [0.5, 0.6) is 0 Å². The minimum Gasteiger partial charge on any atom is -0.438 e. The normalized spacial score (nSPS) is 16.3. The Balaban J connectivity index is 1.40. The van der Waals surface area contributed by atoms with E-state index in [4.69, 9.17) is 9.15 Å². The first-order valence-electron chi connectivity index (χ1n) is 8.91. The number of carbonyl (C=O) groups is 1. The number of aryl methyl sites for hydroxylation is 1. The van der Waals surface area contributed by atoms with Gasteiger partial charge in [0.2, 0.25) is 5.76 Å². The molecule has 1 atom stereocenters. The van der Waals surface area contributed by atoms with Crippen LogP contribution >= 0.6 is 0 Å². The summed E-state index contributed by atoms with van der Waals surface area (Å²) in [7, 11) is 0. The lowest BCUT2D eigenvalue weighted by Gasteiger charge is -2.33. The largest absolute Gasteiger partial charge is 0.438 e. The van der Waals surface area contributed by atoms with E-state index < -0.39 is 0 Å². The second-order valence-electron chi connectivity index (χ2n) is 6.58. The molecule has 0 spiro atoms. The number of aromatic nitrogens is 4. The maximum atomic E-state index is 12.8. The zero-order valence-corrected chi connectivity index (χ0v) is 15.1. The lowest BCUT2D eigenvalue weighted by atomic mass is 10.1. The van der Waals surface area contributed by atoms with Crippen molar-refractivity contribution in [2.75, 3.05) is 13.2 Å². The fourth-order valence-corrected chi connectivity index (χ4v) is 3.30. The molecule has 1 aliphatic rings. The molecule has 3 aromatic rings. The van der Waals surface area contributed by atoms with Gasteiger partial charge in [-0.25, -0.2) is 4.98 Å². The Hall–Kier alpha value is -3.00. The van der Waals surface area contributed by atoms with E-state index in [1.807, 2.05) is 22.9 Å². The van der Waals surface area contributed by atoms with E-state index in [-0.39, 0.29) is 11.9 Å². The number of nitrogens with zero attached hydrogens (tertiary/aromatic N) is 5. The van der Waals surface area contributed by atoms with E-state index in [2.05, 4.69) is 15.1 Å². The highest BCUT2D eigenvalue weighted by molar-refractivity contribution is 5.92. The molecule has 0 unspecified atom stereocenters. The van der Waals surface area contributed by atoms with Crippen LogP contribution in [0.1, 0.15) is 40.0 Å². The fraction of sp³-hybridized carbons (Fsp3) is 0.368. The van der Waals surface area contributed by atoms with Crippen molar-refractivity contribution in [3.63, 3.8) is 0 Å². The molecule has 8 heteroatoms. The zero-order chi connectivity index (χ0) is 18.6. The molecule has 0 aromatic carbocycles. The topological polar surface area (TPSA) is 86.3 Å². The molecule has 4 rings (SSSR count). The van der Waals surface area contributed by atoms with Gasteiger partial charge in [0, 0.05) is 31.7 Å². The second-order valence-corrected chi connectivity index (χ2v) is 6.58. The number of amides is 1. The summed E-state index contributed by atoms with van der Waals surface area (Å²) in [6, 6.07) is 5.88. The Bertz CT molecular complexity index is 905. The zero-order valence-electron chi connectivity index (χ0n) is 15.1. The number of hydrogen-bond acceptors (Lipinski definition) is 6. The first kappa shape index (κ1) is 17.4. The standard InChI is InChI=1S/C19H21N5O3/c1-14-18(27-13-21-14)19(25)23-10-16-4-7-22-24(16)17(11-23)5-8-26-12-15-3-2-6-20-9-15/h2-4,6-7,9,13,17H,5,8,10-12H2,1H3/t17-/m1/s1. The van der Waals surface area contributed by atoms with Gasteiger partial charge in [-0.1, -0.05) is 6.07 Å². The number of ether oxygens (including phenoxy) is 1. The predicted molar refractivity (Wildman–Crippen MR) is 95.8 cm³/mol. The van der Waals surface area contributed by atoms with Gasteiger partial charge in [0.05, 0.1) is 30.6 Å². The summed E-state index contributed by atoms with van der Waals surface area (Å²) in [5.41, 5.74) is 2.65. The van der Waals surface area contributed by atoms with Crippen LogP contribution in [0.4, 0.5) is 0 Å². The van der Waals surface area contributed by atoms with Gasteiger partial charge in [0.15, 0.2) is 6.39 Å². The van der Waals surface area contributed by atoms with Crippen molar-refractivity contribution in [1.82, 2.24) is 24.6 Å². The number of pyridine rings is 1. The average Bonchev–Trinajstić information content (AvgIpc) is 3.34. The second kappa shape index (κ2) is 7.71. The molecule has 0 radical (unpaired) electrons. The molecule has 0 saturated heterocycles. The lowest BCUT2D eigenvalue weighted by molar-refractivity contribution is 0.0576. The number of hydrogen-bond donors (Lipinski definition) is 0. The molecule has 0 aliphatic carbocycles. The van der Waals surface area contributed by atoms with Crippen LogP contribution in [-0.2, 0) is 17.9 Å². The van der Waals surface area contributed by atoms with Crippen molar-refractivity contribution in [2.24, 2.45) is 0 Å². The third-order valence-corrected chi connectivity index (χ3v) is 4.70. The van der Waals surface area contributed by atoms with E-state index >= 15 is 0 Å². The third kappa shape index (κ3) is 3.75. The summed E-state index contributed by atoms with van der Waals surface area (Å²) < 4.78 is 13.1. The fourth-order valence-electron chi connectivity index (χ4n) is 3.30. The van der Waals surface area contributed by atoms with Gasteiger partial charge >= 0.3 is 0 Å². The SMILES string of the molecule is Cc1ncoc1C(=O)N1Cc2ccnn2[C@H](CCOCc2cccnc2)C1. The highest BCUT2D eigenvalue weighted by atomic mass is 16.5. The summed E-state index contributed by atoms with van der Waals surface area (Å²) in [6.07, 6.45) is 7.38. The van der Waals surface area contributed by atoms with Crippen LogP contribution in [-0.4, -0.2) is 43.7 Å². The molecular weight excluding hydrogens is 346 g/mol. The van der Waals surface area contributed by atoms with Crippen molar-refractivity contribution in [3.8, 4) is 0 Å². The molecule has 0 bridgehead atoms. The highest BCUT2D eigenvalue weighted by Gasteiger charge is 2.31. The molecule has 8 nitrogen and oxygen atoms in total. The highest BCUT2D eigenvalue weighted by Crippen LogP contribution is 2.25. The van der Waals surface area contributed by atoms with Gasteiger partial charge in [-0.3, -0.25) is 14.5 Å². The van der Waals surface area contributed by atoms with Gasteiger partial charge in [0.1, 0.15) is 0 Å². The predicted octanol–water partition coefficient (Wildman–Crippen LogP) is 2.38. The van der Waals surface area contributed by atoms with Crippen LogP contribution in [0.2, 0.25) is 0 Å². The van der Waals surface area contributed by atoms with Crippen LogP contribution in [0.3, 0.4) is 0 Å². The lowest BCUT2D eigenvalue weighted by Crippen LogP contribution is -2.41. The number of carbonyl (C=O) groups excluding carboxylic acids is 1. The number of oxazole rings is 1. The van der Waals surface area contributed by atoms with Crippen molar-refractivity contribution < 1.29 is 13.9 Å². The first-order valence-corrected chi connectivity index (χ1v) is 8.91. The van der Waals surface area contributed by atoms with E-state index in [1.54, 1.807) is 30.4 Å². The summed E-state index contributed by atoms with van der Waals surface area (Å²) in [5, 5.41) is 4.43. The summed E-state index contributed by atoms with van der Waals surface area (Å²) in [4.78, 5) is 22.7. The maximum absolute atomic E-state index is 12.8. The van der Waals surface area contributed by atoms with Crippen molar-refractivity contribution >= 4 is 5.91 Å². The van der Waals surface area contributed by atoms with Gasteiger partial charge in [0.25, 0.3) is 5.91 Å². The van der Waals surface area contributed by atoms with E-state index in [9.17, 15) is 4.79 Å². The Morgan fingerprint density at radius 2 is 2.30 bits per heavy atom. The molecule has 0 saturated carbocycles. The van der Waals surface area contributed by atoms with E-state index in [0.717, 1.165) is 17.7 Å². The Morgan fingerprint density at radius 1 is 1.37 bits per heavy atom. The maximum Gasteiger partial charge on any atom is 0.291 e. The van der Waals surface area contributed by atoms with Gasteiger partial charge in [-0.2, -0.15) is 5.10 Å². The molecule has 27 heavy (non-hydrogen) atoms. The minimum atomic E-state index is -0.140. The third-order valence-electron chi connectivity index (χ3n) is 4.70. The van der Waals surface area contributed by atoms with Gasteiger partial charge in [-0.05, 0) is 31.0 Å². The summed E-state index contributed by atoms with van der Waals surface area (Å²) in [6.45, 7) is 3.93. The molecule has 4 heterocycles. The van der Waals surface area contributed by atoms with Crippen LogP contribution in [0.15, 0.2) is 47.6 Å². The smallest absolute Gasteiger partial charge is 0.291 e. The summed E-state index contributed by atoms with van der Waals surface area (Å²) >= 11 is 0. The van der Waals surface area contributed by atoms with Gasteiger partial charge in [-0.15, -0.1) is 0 Å². The van der Waals surface area contributed by atoms with Crippen LogP contribution in [0, 0.1) is 6.92 Å². The molecular formula is C19H21N5O3. The Morgan fingerprint density at radius 3 is 3.07 bits per heavy atom. The van der Waals surface area contributed by atoms with Crippen LogP contribution in [0.25, 0.3) is 0 Å². The van der Waals surface area contributed by atoms with Gasteiger partial charge < -0.3 is 14.1 Å². The number of rotatable bonds is 6. The monoisotopic (exact) mass is 367 g/mol. The summed E-state index contributed by atoms with van der Waals surface area (Å²) in [5.74, 6) is 0.160. The van der Waals surface area contributed by atoms with Crippen LogP contribution < -0.4 is 0 Å². The molecule has 0 fully saturated rings. The van der Waals surface area contributed by atoms with Crippen molar-refractivity contribution in [1.29, 1.82) is 0 Å². The van der Waals surface area contributed by atoms with Crippen molar-refractivity contribution in [2.45, 2.75) is 32.5 Å². The Labute approximate surface area is 156 Å². The van der Waals surface area contributed by atoms with Crippen molar-refractivity contribution in [3.05, 3.63) is 65.9 Å². The molecule has 0 N–H and O–H groups in total. The quantitative estimate of drug-likeness (QED) is 0.622. The first-order chi connectivity index (χ1) is 13.2. The van der Waals surface area contributed by atoms with E-state index in [0.29, 0.717) is 37.8 Å².